The maximum Gasteiger partial charge on any atom is 0.160 e. The highest BCUT2D eigenvalue weighted by atomic mass is 14.9. The molecular formula is C63H43N3. The van der Waals surface area contributed by atoms with Crippen molar-refractivity contribution in [1.29, 1.82) is 0 Å². The molecule has 0 unspecified atom stereocenters. The third kappa shape index (κ3) is 8.14. The molecule has 3 heteroatoms. The zero-order valence-corrected chi connectivity index (χ0v) is 36.2. The van der Waals surface area contributed by atoms with Gasteiger partial charge in [0.2, 0.25) is 0 Å². The largest absolute Gasteiger partial charge is 0.246 e. The summed E-state index contributed by atoms with van der Waals surface area (Å²) < 4.78 is 0. The van der Waals surface area contributed by atoms with Gasteiger partial charge in [-0.3, -0.25) is 0 Å². The standard InChI is InChI=1S/C63H43N3/c1-8-23-44(24-9-1)53-40-54(45-25-10-2-11-26-45)42-55(41-53)57-43-56(46-27-12-3-13-28-46)64-63(65-57)52-38-22-37-51(39-52)58-59(47-29-14-4-15-30-47)61(49-33-18-6-19-34-49)66-62(50-35-20-7-21-36-50)60(58)48-31-16-5-17-32-48/h1-43H. The maximum atomic E-state index is 5.66. The van der Waals surface area contributed by atoms with Crippen LogP contribution in [0.25, 0.3) is 112 Å². The molecule has 0 atom stereocenters. The van der Waals surface area contributed by atoms with Gasteiger partial charge in [0, 0.05) is 44.5 Å². The molecule has 0 aliphatic heterocycles. The molecule has 3 nitrogen and oxygen atoms in total. The molecule has 11 rings (SSSR count). The summed E-state index contributed by atoms with van der Waals surface area (Å²) in [6.07, 6.45) is 0. The van der Waals surface area contributed by atoms with Crippen molar-refractivity contribution in [3.05, 3.63) is 261 Å². The maximum absolute atomic E-state index is 5.66. The van der Waals surface area contributed by atoms with Crippen molar-refractivity contribution in [2.24, 2.45) is 0 Å². The fourth-order valence-corrected chi connectivity index (χ4v) is 8.92. The first-order valence-corrected chi connectivity index (χ1v) is 22.3. The molecule has 2 heterocycles. The second kappa shape index (κ2) is 18.1. The molecule has 310 valence electrons. The van der Waals surface area contributed by atoms with Gasteiger partial charge < -0.3 is 0 Å². The van der Waals surface area contributed by atoms with E-state index in [4.69, 9.17) is 15.0 Å². The van der Waals surface area contributed by atoms with Crippen LogP contribution in [0.4, 0.5) is 0 Å². The topological polar surface area (TPSA) is 38.7 Å². The number of hydrogen-bond donors (Lipinski definition) is 0. The molecule has 0 saturated heterocycles. The van der Waals surface area contributed by atoms with Crippen LogP contribution in [0, 0.1) is 0 Å². The lowest BCUT2D eigenvalue weighted by Crippen LogP contribution is -2.02. The van der Waals surface area contributed by atoms with Crippen LogP contribution in [0.5, 0.6) is 0 Å². The lowest BCUT2D eigenvalue weighted by Gasteiger charge is -2.23. The van der Waals surface area contributed by atoms with Crippen LogP contribution in [-0.4, -0.2) is 15.0 Å². The predicted octanol–water partition coefficient (Wildman–Crippen LogP) is 16.5. The Balaban J connectivity index is 1.18. The summed E-state index contributed by atoms with van der Waals surface area (Å²) in [7, 11) is 0. The molecule has 0 fully saturated rings. The Kier molecular flexibility index (Phi) is 11.0. The fourth-order valence-electron chi connectivity index (χ4n) is 8.92. The molecule has 0 N–H and O–H groups in total. The highest BCUT2D eigenvalue weighted by molar-refractivity contribution is 6.05. The van der Waals surface area contributed by atoms with E-state index in [1.54, 1.807) is 0 Å². The monoisotopic (exact) mass is 841 g/mol. The van der Waals surface area contributed by atoms with Crippen molar-refractivity contribution in [3.63, 3.8) is 0 Å². The van der Waals surface area contributed by atoms with E-state index in [1.165, 1.54) is 0 Å². The molecule has 0 spiro atoms. The molecule has 11 aromatic rings. The molecule has 0 bridgehead atoms. The van der Waals surface area contributed by atoms with E-state index in [0.29, 0.717) is 5.82 Å². The number of hydrogen-bond acceptors (Lipinski definition) is 3. The van der Waals surface area contributed by atoms with E-state index < -0.39 is 0 Å². The minimum atomic E-state index is 0.641. The Morgan fingerprint density at radius 2 is 0.500 bits per heavy atom. The van der Waals surface area contributed by atoms with E-state index in [1.807, 2.05) is 6.07 Å². The van der Waals surface area contributed by atoms with Gasteiger partial charge in [0.25, 0.3) is 0 Å². The van der Waals surface area contributed by atoms with Gasteiger partial charge in [-0.1, -0.05) is 231 Å². The second-order valence-electron chi connectivity index (χ2n) is 16.3. The molecule has 0 radical (unpaired) electrons. The Hall–Kier alpha value is -8.79. The number of nitrogens with zero attached hydrogens (tertiary/aromatic N) is 3. The van der Waals surface area contributed by atoms with Gasteiger partial charge in [-0.05, 0) is 69.3 Å². The van der Waals surface area contributed by atoms with Crippen molar-refractivity contribution in [1.82, 2.24) is 15.0 Å². The van der Waals surface area contributed by atoms with E-state index >= 15 is 0 Å². The Morgan fingerprint density at radius 3 is 0.939 bits per heavy atom. The average Bonchev–Trinajstić information content (AvgIpc) is 3.41. The van der Waals surface area contributed by atoms with Crippen molar-refractivity contribution in [2.45, 2.75) is 0 Å². The van der Waals surface area contributed by atoms with Crippen LogP contribution in [-0.2, 0) is 0 Å². The second-order valence-corrected chi connectivity index (χ2v) is 16.3. The van der Waals surface area contributed by atoms with Gasteiger partial charge in [0.15, 0.2) is 5.82 Å². The van der Waals surface area contributed by atoms with Crippen LogP contribution in [0.1, 0.15) is 0 Å². The van der Waals surface area contributed by atoms with Crippen molar-refractivity contribution in [2.75, 3.05) is 0 Å². The van der Waals surface area contributed by atoms with Gasteiger partial charge >= 0.3 is 0 Å². The molecule has 9 aromatic carbocycles. The number of pyridine rings is 1. The van der Waals surface area contributed by atoms with E-state index in [0.717, 1.165) is 106 Å². The SMILES string of the molecule is c1ccc(-c2cc(-c3ccccc3)cc(-c3cc(-c4ccccc4)nc(-c4cccc(-c5c(-c6ccccc6)c(-c6ccccc6)nc(-c6ccccc6)c5-c5ccccc5)c4)n3)c2)cc1. The van der Waals surface area contributed by atoms with Gasteiger partial charge in [-0.2, -0.15) is 0 Å². The van der Waals surface area contributed by atoms with E-state index in [-0.39, 0.29) is 0 Å². The number of rotatable bonds is 10. The predicted molar refractivity (Wildman–Crippen MR) is 274 cm³/mol. The smallest absolute Gasteiger partial charge is 0.160 e. The molecule has 0 saturated carbocycles. The van der Waals surface area contributed by atoms with Crippen LogP contribution in [0.2, 0.25) is 0 Å². The first-order valence-electron chi connectivity index (χ1n) is 22.3. The molecule has 2 aromatic heterocycles. The zero-order valence-electron chi connectivity index (χ0n) is 36.2. The summed E-state index contributed by atoms with van der Waals surface area (Å²) in [6.45, 7) is 0. The van der Waals surface area contributed by atoms with Gasteiger partial charge in [-0.15, -0.1) is 0 Å². The van der Waals surface area contributed by atoms with Crippen molar-refractivity contribution < 1.29 is 0 Å². The quantitative estimate of drug-likeness (QED) is 0.138. The lowest BCUT2D eigenvalue weighted by molar-refractivity contribution is 1.18. The highest BCUT2D eigenvalue weighted by Gasteiger charge is 2.26. The van der Waals surface area contributed by atoms with Crippen LogP contribution in [0.15, 0.2) is 261 Å². The Labute approximate surface area is 386 Å². The fraction of sp³-hybridized carbons (Fsp3) is 0. The summed E-state index contributed by atoms with van der Waals surface area (Å²) >= 11 is 0. The van der Waals surface area contributed by atoms with Crippen molar-refractivity contribution >= 4 is 0 Å². The minimum Gasteiger partial charge on any atom is -0.246 e. The molecule has 0 aliphatic carbocycles. The lowest BCUT2D eigenvalue weighted by atomic mass is 9.83. The number of benzene rings is 9. The molecule has 66 heavy (non-hydrogen) atoms. The van der Waals surface area contributed by atoms with Gasteiger partial charge in [0.1, 0.15) is 0 Å². The Morgan fingerprint density at radius 1 is 0.182 bits per heavy atom. The third-order valence-corrected chi connectivity index (χ3v) is 12.1. The first-order chi connectivity index (χ1) is 32.7. The minimum absolute atomic E-state index is 0.641. The van der Waals surface area contributed by atoms with E-state index in [9.17, 15) is 0 Å². The van der Waals surface area contributed by atoms with Crippen LogP contribution in [0.3, 0.4) is 0 Å². The third-order valence-electron chi connectivity index (χ3n) is 12.1. The zero-order chi connectivity index (χ0) is 44.1. The summed E-state index contributed by atoms with van der Waals surface area (Å²) in [6, 6.07) is 91.7. The average molecular weight is 842 g/mol. The summed E-state index contributed by atoms with van der Waals surface area (Å²) in [5.41, 5.74) is 19.5. The number of aromatic nitrogens is 3. The normalized spacial score (nSPS) is 11.0. The van der Waals surface area contributed by atoms with Gasteiger partial charge in [-0.25, -0.2) is 15.0 Å². The summed E-state index contributed by atoms with van der Waals surface area (Å²) in [5, 5.41) is 0. The first kappa shape index (κ1) is 40.0. The molecular weight excluding hydrogens is 799 g/mol. The summed E-state index contributed by atoms with van der Waals surface area (Å²) in [5.74, 6) is 0.641. The highest BCUT2D eigenvalue weighted by Crippen LogP contribution is 2.49. The Bertz CT molecular complexity index is 3250. The molecule has 0 aliphatic rings. The van der Waals surface area contributed by atoms with Crippen molar-refractivity contribution in [3.8, 4) is 112 Å². The van der Waals surface area contributed by atoms with Gasteiger partial charge in [0.05, 0.1) is 22.8 Å². The molecule has 0 amide bonds. The van der Waals surface area contributed by atoms with E-state index in [2.05, 4.69) is 255 Å². The van der Waals surface area contributed by atoms with Crippen LogP contribution >= 0.6 is 0 Å². The van der Waals surface area contributed by atoms with Crippen LogP contribution < -0.4 is 0 Å². The summed E-state index contributed by atoms with van der Waals surface area (Å²) in [4.78, 5) is 16.5.